The Morgan fingerprint density at radius 1 is 1.17 bits per heavy atom. The highest BCUT2D eigenvalue weighted by Gasteiger charge is 2.04. The van der Waals surface area contributed by atoms with Crippen LogP contribution in [0.1, 0.15) is 48.7 Å². The zero-order chi connectivity index (χ0) is 17.0. The predicted octanol–water partition coefficient (Wildman–Crippen LogP) is 3.80. The summed E-state index contributed by atoms with van der Waals surface area (Å²) in [6.45, 7) is 2.89. The fraction of sp³-hybridized carbons (Fsp3) is 0.316. The molecule has 5 heteroatoms. The number of pyridine rings is 1. The predicted molar refractivity (Wildman–Crippen MR) is 95.4 cm³/mol. The van der Waals surface area contributed by atoms with Gasteiger partial charge in [0.2, 0.25) is 0 Å². The number of hydrazone groups is 1. The molecule has 5 nitrogen and oxygen atoms in total. The molecule has 0 saturated heterocycles. The van der Waals surface area contributed by atoms with Crippen LogP contribution in [0.2, 0.25) is 0 Å². The molecule has 0 fully saturated rings. The zero-order valence-corrected chi connectivity index (χ0v) is 13.9. The first-order valence-electron chi connectivity index (χ1n) is 8.27. The first-order valence-corrected chi connectivity index (χ1v) is 8.27. The van der Waals surface area contributed by atoms with Crippen molar-refractivity contribution in [2.24, 2.45) is 5.10 Å². The molecule has 0 unspecified atom stereocenters. The molecule has 24 heavy (non-hydrogen) atoms. The fourth-order valence-electron chi connectivity index (χ4n) is 2.10. The second-order valence-electron chi connectivity index (χ2n) is 5.39. The number of unbranched alkanes of at least 4 members (excludes halogenated alkanes) is 3. The number of rotatable bonds is 9. The first-order chi connectivity index (χ1) is 11.8. The van der Waals surface area contributed by atoms with Crippen LogP contribution in [0, 0.1) is 0 Å². The van der Waals surface area contributed by atoms with Crippen LogP contribution in [0.15, 0.2) is 53.8 Å². The lowest BCUT2D eigenvalue weighted by Crippen LogP contribution is -2.17. The number of ether oxygens (including phenoxy) is 1. The standard InChI is InChI=1S/C19H23N3O2/c1-2-3-4-7-14-24-18-11-9-16(10-12-18)19(23)22-21-15-17-8-5-6-13-20-17/h5-6,8-13,15H,2-4,7,14H2,1H3,(H,22,23)/b21-15-. The Kier molecular flexibility index (Phi) is 7.47. The summed E-state index contributed by atoms with van der Waals surface area (Å²) in [5.41, 5.74) is 3.70. The van der Waals surface area contributed by atoms with Gasteiger partial charge in [-0.25, -0.2) is 5.43 Å². The maximum absolute atomic E-state index is 12.0. The SMILES string of the molecule is CCCCCCOc1ccc(C(=O)N/N=C\c2ccccn2)cc1. The number of aromatic nitrogens is 1. The van der Waals surface area contributed by atoms with Crippen molar-refractivity contribution < 1.29 is 9.53 Å². The summed E-state index contributed by atoms with van der Waals surface area (Å²) in [7, 11) is 0. The van der Waals surface area contributed by atoms with E-state index in [-0.39, 0.29) is 5.91 Å². The summed E-state index contributed by atoms with van der Waals surface area (Å²) in [5.74, 6) is 0.511. The Morgan fingerprint density at radius 3 is 2.71 bits per heavy atom. The molecule has 2 aromatic rings. The minimum atomic E-state index is -0.267. The summed E-state index contributed by atoms with van der Waals surface area (Å²) < 4.78 is 5.66. The van der Waals surface area contributed by atoms with Gasteiger partial charge in [0.1, 0.15) is 5.75 Å². The maximum atomic E-state index is 12.0. The Hall–Kier alpha value is -2.69. The van der Waals surface area contributed by atoms with Crippen LogP contribution in [-0.2, 0) is 0 Å². The number of hydrogen-bond donors (Lipinski definition) is 1. The minimum absolute atomic E-state index is 0.267. The van der Waals surface area contributed by atoms with E-state index in [1.807, 2.05) is 18.2 Å². The monoisotopic (exact) mass is 325 g/mol. The van der Waals surface area contributed by atoms with Gasteiger partial charge in [-0.2, -0.15) is 5.10 Å². The third-order valence-electron chi connectivity index (χ3n) is 3.43. The topological polar surface area (TPSA) is 63.6 Å². The molecular weight excluding hydrogens is 302 g/mol. The van der Waals surface area contributed by atoms with Crippen molar-refractivity contribution in [3.05, 3.63) is 59.9 Å². The molecule has 0 aliphatic rings. The van der Waals surface area contributed by atoms with E-state index in [1.165, 1.54) is 25.5 Å². The molecule has 126 valence electrons. The van der Waals surface area contributed by atoms with Gasteiger partial charge in [0.05, 0.1) is 18.5 Å². The third kappa shape index (κ3) is 6.20. The van der Waals surface area contributed by atoms with E-state index in [9.17, 15) is 4.79 Å². The number of nitrogens with zero attached hydrogens (tertiary/aromatic N) is 2. The van der Waals surface area contributed by atoms with Crippen molar-refractivity contribution in [1.82, 2.24) is 10.4 Å². The van der Waals surface area contributed by atoms with Gasteiger partial charge in [-0.3, -0.25) is 9.78 Å². The van der Waals surface area contributed by atoms with Crippen molar-refractivity contribution in [3.63, 3.8) is 0 Å². The first kappa shape index (κ1) is 17.7. The number of benzene rings is 1. The maximum Gasteiger partial charge on any atom is 0.271 e. The van der Waals surface area contributed by atoms with Gasteiger partial charge in [0.25, 0.3) is 5.91 Å². The van der Waals surface area contributed by atoms with Gasteiger partial charge < -0.3 is 4.74 Å². The number of nitrogens with one attached hydrogen (secondary N) is 1. The van der Waals surface area contributed by atoms with E-state index in [1.54, 1.807) is 30.5 Å². The summed E-state index contributed by atoms with van der Waals surface area (Å²) >= 11 is 0. The normalized spacial score (nSPS) is 10.7. The number of hydrogen-bond acceptors (Lipinski definition) is 4. The van der Waals surface area contributed by atoms with E-state index >= 15 is 0 Å². The summed E-state index contributed by atoms with van der Waals surface area (Å²) in [4.78, 5) is 16.1. The quantitative estimate of drug-likeness (QED) is 0.433. The molecule has 1 heterocycles. The van der Waals surface area contributed by atoms with Crippen LogP contribution in [0.4, 0.5) is 0 Å². The summed E-state index contributed by atoms with van der Waals surface area (Å²) in [6, 6.07) is 12.6. The van der Waals surface area contributed by atoms with Crippen molar-refractivity contribution in [1.29, 1.82) is 0 Å². The van der Waals surface area contributed by atoms with Gasteiger partial charge in [-0.05, 0) is 42.8 Å². The van der Waals surface area contributed by atoms with Crippen LogP contribution in [0.25, 0.3) is 0 Å². The van der Waals surface area contributed by atoms with Crippen LogP contribution in [0.5, 0.6) is 5.75 Å². The van der Waals surface area contributed by atoms with Crippen LogP contribution < -0.4 is 10.2 Å². The second kappa shape index (κ2) is 10.2. The molecule has 2 rings (SSSR count). The van der Waals surface area contributed by atoms with Crippen molar-refractivity contribution in [2.45, 2.75) is 32.6 Å². The van der Waals surface area contributed by atoms with Gasteiger partial charge in [0, 0.05) is 11.8 Å². The van der Waals surface area contributed by atoms with Crippen molar-refractivity contribution in [3.8, 4) is 5.75 Å². The molecule has 0 atom stereocenters. The van der Waals surface area contributed by atoms with Crippen LogP contribution in [-0.4, -0.2) is 23.7 Å². The van der Waals surface area contributed by atoms with Gasteiger partial charge in [-0.15, -0.1) is 0 Å². The number of carbonyl (C=O) groups excluding carboxylic acids is 1. The van der Waals surface area contributed by atoms with Crippen LogP contribution >= 0.6 is 0 Å². The molecule has 1 N–H and O–H groups in total. The molecule has 0 radical (unpaired) electrons. The Bertz CT molecular complexity index is 639. The molecule has 0 saturated carbocycles. The number of amides is 1. The molecular formula is C19H23N3O2. The van der Waals surface area contributed by atoms with E-state index in [2.05, 4.69) is 22.4 Å². The Balaban J connectivity index is 1.77. The van der Waals surface area contributed by atoms with Crippen molar-refractivity contribution in [2.75, 3.05) is 6.61 Å². The molecule has 0 spiro atoms. The molecule has 1 aromatic heterocycles. The molecule has 0 aliphatic carbocycles. The smallest absolute Gasteiger partial charge is 0.271 e. The summed E-state index contributed by atoms with van der Waals surface area (Å²) in [6.07, 6.45) is 7.87. The molecule has 1 amide bonds. The Morgan fingerprint density at radius 2 is 2.00 bits per heavy atom. The highest BCUT2D eigenvalue weighted by molar-refractivity contribution is 5.94. The third-order valence-corrected chi connectivity index (χ3v) is 3.43. The average molecular weight is 325 g/mol. The fourth-order valence-corrected chi connectivity index (χ4v) is 2.10. The highest BCUT2D eigenvalue weighted by atomic mass is 16.5. The van der Waals surface area contributed by atoms with E-state index in [4.69, 9.17) is 4.74 Å². The minimum Gasteiger partial charge on any atom is -0.494 e. The molecule has 0 aliphatic heterocycles. The van der Waals surface area contributed by atoms with Crippen LogP contribution in [0.3, 0.4) is 0 Å². The van der Waals surface area contributed by atoms with Gasteiger partial charge in [0.15, 0.2) is 0 Å². The largest absolute Gasteiger partial charge is 0.494 e. The molecule has 1 aromatic carbocycles. The van der Waals surface area contributed by atoms with E-state index in [0.29, 0.717) is 17.9 Å². The lowest BCUT2D eigenvalue weighted by Gasteiger charge is -2.06. The lowest BCUT2D eigenvalue weighted by atomic mass is 10.2. The van der Waals surface area contributed by atoms with E-state index < -0.39 is 0 Å². The summed E-state index contributed by atoms with van der Waals surface area (Å²) in [5, 5.41) is 3.90. The zero-order valence-electron chi connectivity index (χ0n) is 13.9. The average Bonchev–Trinajstić information content (AvgIpc) is 2.63. The van der Waals surface area contributed by atoms with Gasteiger partial charge in [-0.1, -0.05) is 32.3 Å². The lowest BCUT2D eigenvalue weighted by molar-refractivity contribution is 0.0955. The molecule has 0 bridgehead atoms. The van der Waals surface area contributed by atoms with Crippen molar-refractivity contribution >= 4 is 12.1 Å². The van der Waals surface area contributed by atoms with E-state index in [0.717, 1.165) is 12.2 Å². The highest BCUT2D eigenvalue weighted by Crippen LogP contribution is 2.13. The Labute approximate surface area is 142 Å². The number of carbonyl (C=O) groups is 1. The second-order valence-corrected chi connectivity index (χ2v) is 5.39. The van der Waals surface area contributed by atoms with Gasteiger partial charge >= 0.3 is 0 Å².